The number of hydrogen-bond donors (Lipinski definition) is 3. The maximum Gasteiger partial charge on any atom is 0.306 e. The number of aliphatic hydroxyl groups is 3. The number of hydrogen-bond acceptors (Lipinski definition) is 6. The monoisotopic (exact) mass is 348 g/mol. The third kappa shape index (κ3) is 4.08. The van der Waals surface area contributed by atoms with Crippen LogP contribution < -0.4 is 0 Å². The third-order valence-corrected chi connectivity index (χ3v) is 5.81. The van der Waals surface area contributed by atoms with Gasteiger partial charge in [-0.1, -0.05) is 7.43 Å². The van der Waals surface area contributed by atoms with Crippen LogP contribution in [0.5, 0.6) is 0 Å². The fourth-order valence-electron chi connectivity index (χ4n) is 4.55. The van der Waals surface area contributed by atoms with Gasteiger partial charge < -0.3 is 30.3 Å². The van der Waals surface area contributed by atoms with E-state index in [1.54, 1.807) is 0 Å². The summed E-state index contributed by atoms with van der Waals surface area (Å²) in [5.41, 5.74) is 0. The summed E-state index contributed by atoms with van der Waals surface area (Å²) in [4.78, 5) is 10.8. The van der Waals surface area contributed by atoms with Gasteiger partial charge in [-0.25, -0.2) is 0 Å². The smallest absolute Gasteiger partial charge is 0.306 e. The Morgan fingerprint density at radius 3 is 2.46 bits per heavy atom. The van der Waals surface area contributed by atoms with Crippen molar-refractivity contribution in [3.8, 4) is 0 Å². The SMILES string of the molecule is C.O.O=C1C[C@@H]2[C@@H](CO)[C@H](O)C[C@@H]2O1.OC[C@H]1CC[C@@H]2OCC[C@H]12. The highest BCUT2D eigenvalue weighted by Gasteiger charge is 2.49. The van der Waals surface area contributed by atoms with Crippen molar-refractivity contribution in [1.29, 1.82) is 0 Å². The Morgan fingerprint density at radius 2 is 1.79 bits per heavy atom. The lowest BCUT2D eigenvalue weighted by atomic mass is 9.93. The molecular formula is C17H32O7. The Hall–Kier alpha value is -0.730. The molecule has 0 bridgehead atoms. The number of aliphatic hydroxyl groups excluding tert-OH is 3. The van der Waals surface area contributed by atoms with Crippen molar-refractivity contribution < 1.29 is 35.1 Å². The van der Waals surface area contributed by atoms with Crippen molar-refractivity contribution in [1.82, 2.24) is 0 Å². The summed E-state index contributed by atoms with van der Waals surface area (Å²) >= 11 is 0. The molecule has 24 heavy (non-hydrogen) atoms. The third-order valence-electron chi connectivity index (χ3n) is 5.81. The maximum absolute atomic E-state index is 10.8. The zero-order chi connectivity index (χ0) is 15.7. The van der Waals surface area contributed by atoms with E-state index < -0.39 is 6.10 Å². The Balaban J connectivity index is 0.000000224. The van der Waals surface area contributed by atoms with Gasteiger partial charge in [-0.05, 0) is 31.1 Å². The molecule has 2 saturated heterocycles. The second-order valence-electron chi connectivity index (χ2n) is 6.93. The van der Waals surface area contributed by atoms with Crippen LogP contribution in [0.3, 0.4) is 0 Å². The maximum atomic E-state index is 10.8. The van der Waals surface area contributed by atoms with Crippen LogP contribution in [0.15, 0.2) is 0 Å². The van der Waals surface area contributed by atoms with Gasteiger partial charge in [0, 0.05) is 38.1 Å². The molecule has 7 atom stereocenters. The number of fused-ring (bicyclic) bond motifs is 2. The second kappa shape index (κ2) is 9.10. The molecule has 4 rings (SSSR count). The van der Waals surface area contributed by atoms with E-state index in [-0.39, 0.29) is 43.4 Å². The fourth-order valence-corrected chi connectivity index (χ4v) is 4.55. The Kier molecular flexibility index (Phi) is 8.08. The van der Waals surface area contributed by atoms with Crippen LogP contribution in [0.25, 0.3) is 0 Å². The highest BCUT2D eigenvalue weighted by molar-refractivity contribution is 5.72. The van der Waals surface area contributed by atoms with Gasteiger partial charge in [-0.15, -0.1) is 0 Å². The van der Waals surface area contributed by atoms with Crippen molar-refractivity contribution in [3.63, 3.8) is 0 Å². The molecule has 7 nitrogen and oxygen atoms in total. The van der Waals surface area contributed by atoms with E-state index in [2.05, 4.69) is 0 Å². The van der Waals surface area contributed by atoms with E-state index in [4.69, 9.17) is 19.7 Å². The highest BCUT2D eigenvalue weighted by atomic mass is 16.6. The Morgan fingerprint density at radius 1 is 1.04 bits per heavy atom. The molecule has 0 amide bonds. The summed E-state index contributed by atoms with van der Waals surface area (Å²) in [5, 5.41) is 27.3. The number of carbonyl (C=O) groups excluding carboxylic acids is 1. The quantitative estimate of drug-likeness (QED) is 0.598. The van der Waals surface area contributed by atoms with Crippen LogP contribution in [-0.4, -0.2) is 64.9 Å². The van der Waals surface area contributed by atoms with Crippen LogP contribution in [0.4, 0.5) is 0 Å². The van der Waals surface area contributed by atoms with Gasteiger partial charge >= 0.3 is 5.97 Å². The fraction of sp³-hybridized carbons (Fsp3) is 0.941. The molecule has 0 aromatic heterocycles. The number of rotatable bonds is 2. The highest BCUT2D eigenvalue weighted by Crippen LogP contribution is 2.41. The van der Waals surface area contributed by atoms with Crippen molar-refractivity contribution in [3.05, 3.63) is 0 Å². The van der Waals surface area contributed by atoms with Crippen molar-refractivity contribution in [2.45, 2.75) is 57.8 Å². The van der Waals surface area contributed by atoms with E-state index >= 15 is 0 Å². The van der Waals surface area contributed by atoms with Crippen molar-refractivity contribution in [2.75, 3.05) is 19.8 Å². The molecule has 2 saturated carbocycles. The minimum absolute atomic E-state index is 0. The molecule has 2 heterocycles. The van der Waals surface area contributed by atoms with E-state index in [9.17, 15) is 9.90 Å². The van der Waals surface area contributed by atoms with Gasteiger partial charge in [0.05, 0.1) is 18.6 Å². The van der Waals surface area contributed by atoms with E-state index in [1.165, 1.54) is 19.3 Å². The first-order valence-electron chi connectivity index (χ1n) is 8.35. The molecule has 4 fully saturated rings. The number of ether oxygens (including phenoxy) is 2. The number of carbonyl (C=O) groups is 1. The summed E-state index contributed by atoms with van der Waals surface area (Å²) in [6.07, 6.45) is 4.21. The van der Waals surface area contributed by atoms with Crippen molar-refractivity contribution >= 4 is 5.97 Å². The summed E-state index contributed by atoms with van der Waals surface area (Å²) in [5.74, 6) is 0.909. The van der Waals surface area contributed by atoms with Crippen molar-refractivity contribution in [2.24, 2.45) is 23.7 Å². The average molecular weight is 348 g/mol. The molecule has 4 aliphatic rings. The predicted octanol–water partition coefficient (Wildman–Crippen LogP) is -0.104. The molecule has 0 aromatic carbocycles. The molecular weight excluding hydrogens is 316 g/mol. The Bertz CT molecular complexity index is 402. The first kappa shape index (κ1) is 21.3. The molecule has 5 N–H and O–H groups in total. The average Bonchev–Trinajstić information content (AvgIpc) is 3.19. The van der Waals surface area contributed by atoms with E-state index in [0.29, 0.717) is 37.4 Å². The summed E-state index contributed by atoms with van der Waals surface area (Å²) < 4.78 is 10.5. The molecule has 7 heteroatoms. The van der Waals surface area contributed by atoms with Crippen LogP contribution >= 0.6 is 0 Å². The van der Waals surface area contributed by atoms with Gasteiger partial charge in [-0.2, -0.15) is 0 Å². The topological polar surface area (TPSA) is 128 Å². The molecule has 2 aliphatic carbocycles. The lowest BCUT2D eigenvalue weighted by Gasteiger charge is -2.14. The first-order valence-corrected chi connectivity index (χ1v) is 8.35. The molecule has 0 unspecified atom stereocenters. The Labute approximate surface area is 143 Å². The predicted molar refractivity (Wildman–Crippen MR) is 87.2 cm³/mol. The van der Waals surface area contributed by atoms with Gasteiger partial charge in [0.25, 0.3) is 0 Å². The van der Waals surface area contributed by atoms with Gasteiger partial charge in [0.15, 0.2) is 0 Å². The molecule has 2 aliphatic heterocycles. The zero-order valence-corrected chi connectivity index (χ0v) is 13.3. The normalized spacial score (nSPS) is 42.1. The largest absolute Gasteiger partial charge is 0.462 e. The summed E-state index contributed by atoms with van der Waals surface area (Å²) in [7, 11) is 0. The number of esters is 1. The minimum atomic E-state index is -0.502. The minimum Gasteiger partial charge on any atom is -0.462 e. The van der Waals surface area contributed by atoms with Crippen LogP contribution in [0.2, 0.25) is 0 Å². The molecule has 0 radical (unpaired) electrons. The van der Waals surface area contributed by atoms with Gasteiger partial charge in [0.1, 0.15) is 6.10 Å². The standard InChI is InChI=1S/C8H12O4.C8H14O2.CH4.H2O/c9-3-5-4-1-8(11)12-7(4)2-6(5)10;9-5-6-1-2-8-7(6)3-4-10-8;;/h4-7,9-10H,1-3H2;6-9H,1-5H2;1H4;1H2/t4-,5-,6-,7+;6-,7-,8+;;/m11../s1. The van der Waals surface area contributed by atoms with E-state index in [1.807, 2.05) is 0 Å². The lowest BCUT2D eigenvalue weighted by Crippen LogP contribution is -2.23. The van der Waals surface area contributed by atoms with Gasteiger partial charge in [-0.3, -0.25) is 4.79 Å². The van der Waals surface area contributed by atoms with Crippen LogP contribution in [0, 0.1) is 23.7 Å². The molecule has 0 aromatic rings. The van der Waals surface area contributed by atoms with E-state index in [0.717, 1.165) is 6.61 Å². The molecule has 142 valence electrons. The second-order valence-corrected chi connectivity index (χ2v) is 6.93. The summed E-state index contributed by atoms with van der Waals surface area (Å²) in [6, 6.07) is 0. The van der Waals surface area contributed by atoms with Gasteiger partial charge in [0.2, 0.25) is 0 Å². The summed E-state index contributed by atoms with van der Waals surface area (Å²) in [6.45, 7) is 1.23. The molecule has 0 spiro atoms. The lowest BCUT2D eigenvalue weighted by molar-refractivity contribution is -0.141. The first-order chi connectivity index (χ1) is 10.6. The van der Waals surface area contributed by atoms with Crippen LogP contribution in [-0.2, 0) is 14.3 Å². The van der Waals surface area contributed by atoms with Crippen LogP contribution in [0.1, 0.15) is 39.5 Å². The zero-order valence-electron chi connectivity index (χ0n) is 13.3.